The summed E-state index contributed by atoms with van der Waals surface area (Å²) in [4.78, 5) is 22.8. The average molecular weight is 371 g/mol. The van der Waals surface area contributed by atoms with Gasteiger partial charge in [0.05, 0.1) is 5.69 Å². The first-order valence-electron chi connectivity index (χ1n) is 9.18. The minimum atomic E-state index is -0.0259. The number of nitrogens with zero attached hydrogens (tertiary/aromatic N) is 4. The van der Waals surface area contributed by atoms with Crippen molar-refractivity contribution in [1.82, 2.24) is 25.1 Å². The second-order valence-corrected chi connectivity index (χ2v) is 6.87. The van der Waals surface area contributed by atoms with Gasteiger partial charge in [-0.25, -0.2) is 4.98 Å². The van der Waals surface area contributed by atoms with Gasteiger partial charge in [0.15, 0.2) is 5.65 Å². The number of nitrogens with one attached hydrogen (secondary N) is 1. The van der Waals surface area contributed by atoms with E-state index in [1.807, 2.05) is 48.7 Å². The maximum Gasteiger partial charge on any atom is 0.253 e. The van der Waals surface area contributed by atoms with E-state index in [0.29, 0.717) is 11.2 Å². The van der Waals surface area contributed by atoms with Crippen LogP contribution in [0.4, 0.5) is 0 Å². The van der Waals surface area contributed by atoms with Crippen molar-refractivity contribution in [2.45, 2.75) is 13.3 Å². The van der Waals surface area contributed by atoms with Gasteiger partial charge >= 0.3 is 0 Å². The van der Waals surface area contributed by atoms with Gasteiger partial charge in [0.25, 0.3) is 5.91 Å². The largest absolute Gasteiger partial charge is 0.345 e. The topological polar surface area (TPSA) is 74.8 Å². The number of rotatable bonds is 4. The molecule has 1 amide bonds. The minimum Gasteiger partial charge on any atom is -0.345 e. The van der Waals surface area contributed by atoms with Crippen LogP contribution in [0.3, 0.4) is 0 Å². The molecule has 4 rings (SSSR count). The number of fused-ring (bicyclic) bond motifs is 1. The molecule has 1 aromatic carbocycles. The first kappa shape index (κ1) is 17.9. The van der Waals surface area contributed by atoms with Crippen molar-refractivity contribution in [2.24, 2.45) is 0 Å². The van der Waals surface area contributed by atoms with Gasteiger partial charge in [0.1, 0.15) is 0 Å². The van der Waals surface area contributed by atoms with Crippen molar-refractivity contribution in [1.29, 1.82) is 0 Å². The zero-order valence-electron chi connectivity index (χ0n) is 16.1. The molecule has 6 heteroatoms. The summed E-state index contributed by atoms with van der Waals surface area (Å²) in [7, 11) is 3.50. The van der Waals surface area contributed by atoms with Crippen LogP contribution in [-0.4, -0.2) is 45.1 Å². The lowest BCUT2D eigenvalue weighted by molar-refractivity contribution is 0.0827. The van der Waals surface area contributed by atoms with Crippen molar-refractivity contribution in [3.8, 4) is 22.4 Å². The maximum atomic E-state index is 12.3. The number of hydrogen-bond donors (Lipinski definition) is 1. The van der Waals surface area contributed by atoms with Crippen LogP contribution in [0.1, 0.15) is 23.0 Å². The van der Waals surface area contributed by atoms with E-state index >= 15 is 0 Å². The Bertz CT molecular complexity index is 1150. The fourth-order valence-electron chi connectivity index (χ4n) is 3.15. The molecule has 0 aliphatic rings. The Labute approximate surface area is 163 Å². The SMILES string of the molecule is CCc1ccc(-c2[nH]nc3ncc(-c4cccc(C(=O)N(C)C)c4)cc23)cn1. The number of pyridine rings is 2. The third-order valence-corrected chi connectivity index (χ3v) is 4.73. The molecular formula is C22H21N5O. The normalized spacial score (nSPS) is 11.0. The third-order valence-electron chi connectivity index (χ3n) is 4.73. The Balaban J connectivity index is 1.77. The van der Waals surface area contributed by atoms with E-state index in [4.69, 9.17) is 0 Å². The van der Waals surface area contributed by atoms with Crippen LogP contribution in [0.2, 0.25) is 0 Å². The molecule has 0 aliphatic heterocycles. The highest BCUT2D eigenvalue weighted by atomic mass is 16.2. The molecule has 0 saturated heterocycles. The Kier molecular flexibility index (Phi) is 4.61. The number of aromatic nitrogens is 4. The molecule has 4 aromatic rings. The lowest BCUT2D eigenvalue weighted by Gasteiger charge is -2.11. The Morgan fingerprint density at radius 2 is 1.82 bits per heavy atom. The van der Waals surface area contributed by atoms with Crippen LogP contribution in [0.15, 0.2) is 54.9 Å². The molecule has 28 heavy (non-hydrogen) atoms. The molecule has 1 N–H and O–H groups in total. The van der Waals surface area contributed by atoms with Gasteiger partial charge in [-0.1, -0.05) is 19.1 Å². The molecular weight excluding hydrogens is 350 g/mol. The monoisotopic (exact) mass is 371 g/mol. The van der Waals surface area contributed by atoms with Crippen LogP contribution in [0, 0.1) is 0 Å². The standard InChI is InChI=1S/C22H21N5O/c1-4-18-9-8-16(12-23-18)20-19-11-17(13-24-21(19)26-25-20)14-6-5-7-15(10-14)22(28)27(2)3/h5-13H,4H2,1-3H3,(H,24,25,26). The van der Waals surface area contributed by atoms with Crippen LogP contribution >= 0.6 is 0 Å². The van der Waals surface area contributed by atoms with Gasteiger partial charge in [0.2, 0.25) is 0 Å². The number of aryl methyl sites for hydroxylation is 1. The predicted molar refractivity (Wildman–Crippen MR) is 110 cm³/mol. The minimum absolute atomic E-state index is 0.0259. The van der Waals surface area contributed by atoms with E-state index < -0.39 is 0 Å². The maximum absolute atomic E-state index is 12.3. The molecule has 0 radical (unpaired) electrons. The highest BCUT2D eigenvalue weighted by molar-refractivity contribution is 5.96. The smallest absolute Gasteiger partial charge is 0.253 e. The van der Waals surface area contributed by atoms with E-state index in [0.717, 1.165) is 39.9 Å². The van der Waals surface area contributed by atoms with Gasteiger partial charge in [-0.15, -0.1) is 0 Å². The predicted octanol–water partition coefficient (Wildman–Crippen LogP) is 3.95. The average Bonchev–Trinajstić information content (AvgIpc) is 3.16. The summed E-state index contributed by atoms with van der Waals surface area (Å²) in [6.45, 7) is 2.08. The fourth-order valence-corrected chi connectivity index (χ4v) is 3.15. The van der Waals surface area contributed by atoms with Gasteiger partial charge < -0.3 is 4.90 Å². The molecule has 0 aliphatic carbocycles. The van der Waals surface area contributed by atoms with Crippen molar-refractivity contribution < 1.29 is 4.79 Å². The molecule has 3 aromatic heterocycles. The van der Waals surface area contributed by atoms with Gasteiger partial charge in [-0.3, -0.25) is 14.9 Å². The number of hydrogen-bond acceptors (Lipinski definition) is 4. The number of carbonyl (C=O) groups is 1. The molecule has 0 bridgehead atoms. The van der Waals surface area contributed by atoms with E-state index in [9.17, 15) is 4.79 Å². The highest BCUT2D eigenvalue weighted by Gasteiger charge is 2.13. The number of amides is 1. The summed E-state index contributed by atoms with van der Waals surface area (Å²) in [6.07, 6.45) is 4.54. The Morgan fingerprint density at radius 3 is 2.54 bits per heavy atom. The molecule has 140 valence electrons. The second-order valence-electron chi connectivity index (χ2n) is 6.87. The summed E-state index contributed by atoms with van der Waals surface area (Å²) < 4.78 is 0. The van der Waals surface area contributed by atoms with Crippen LogP contribution in [0.25, 0.3) is 33.4 Å². The molecule has 0 spiro atoms. The van der Waals surface area contributed by atoms with Gasteiger partial charge in [0, 0.05) is 54.3 Å². The molecule has 0 unspecified atom stereocenters. The lowest BCUT2D eigenvalue weighted by Crippen LogP contribution is -2.21. The zero-order valence-corrected chi connectivity index (χ0v) is 16.1. The number of carbonyl (C=O) groups excluding carboxylic acids is 1. The van der Waals surface area contributed by atoms with Crippen LogP contribution in [-0.2, 0) is 6.42 Å². The van der Waals surface area contributed by atoms with Crippen molar-refractivity contribution in [3.63, 3.8) is 0 Å². The summed E-state index contributed by atoms with van der Waals surface area (Å²) in [5, 5.41) is 8.32. The van der Waals surface area contributed by atoms with E-state index in [-0.39, 0.29) is 5.91 Å². The molecule has 3 heterocycles. The summed E-state index contributed by atoms with van der Waals surface area (Å²) in [5.74, 6) is -0.0259. The van der Waals surface area contributed by atoms with E-state index in [2.05, 4.69) is 27.1 Å². The summed E-state index contributed by atoms with van der Waals surface area (Å²) >= 11 is 0. The summed E-state index contributed by atoms with van der Waals surface area (Å²) in [5.41, 5.74) is 6.08. The summed E-state index contributed by atoms with van der Waals surface area (Å²) in [6, 6.07) is 13.7. The quantitative estimate of drug-likeness (QED) is 0.589. The number of aromatic amines is 1. The molecule has 0 atom stereocenters. The third kappa shape index (κ3) is 3.24. The van der Waals surface area contributed by atoms with Gasteiger partial charge in [-0.05, 0) is 42.3 Å². The van der Waals surface area contributed by atoms with E-state index in [1.165, 1.54) is 0 Å². The van der Waals surface area contributed by atoms with Crippen LogP contribution < -0.4 is 0 Å². The molecule has 0 saturated carbocycles. The van der Waals surface area contributed by atoms with E-state index in [1.54, 1.807) is 25.2 Å². The zero-order chi connectivity index (χ0) is 19.7. The second kappa shape index (κ2) is 7.23. The Morgan fingerprint density at radius 1 is 1.00 bits per heavy atom. The molecule has 6 nitrogen and oxygen atoms in total. The van der Waals surface area contributed by atoms with Crippen molar-refractivity contribution >= 4 is 16.9 Å². The lowest BCUT2D eigenvalue weighted by atomic mass is 10.0. The van der Waals surface area contributed by atoms with Crippen LogP contribution in [0.5, 0.6) is 0 Å². The highest BCUT2D eigenvalue weighted by Crippen LogP contribution is 2.29. The first-order valence-corrected chi connectivity index (χ1v) is 9.18. The first-order chi connectivity index (χ1) is 13.6. The fraction of sp³-hybridized carbons (Fsp3) is 0.182. The number of H-pyrrole nitrogens is 1. The van der Waals surface area contributed by atoms with Crippen molar-refractivity contribution in [2.75, 3.05) is 14.1 Å². The van der Waals surface area contributed by atoms with Gasteiger partial charge in [-0.2, -0.15) is 5.10 Å². The Hall–Kier alpha value is -3.54. The number of benzene rings is 1. The van der Waals surface area contributed by atoms with Crippen molar-refractivity contribution in [3.05, 3.63) is 66.1 Å². The molecule has 0 fully saturated rings.